The van der Waals surface area contributed by atoms with Crippen molar-refractivity contribution in [3.05, 3.63) is 33.4 Å². The Morgan fingerprint density at radius 1 is 1.39 bits per heavy atom. The van der Waals surface area contributed by atoms with Gasteiger partial charge in [-0.1, -0.05) is 23.2 Å². The summed E-state index contributed by atoms with van der Waals surface area (Å²) < 4.78 is 5.15. The van der Waals surface area contributed by atoms with E-state index in [4.69, 9.17) is 33.0 Å². The normalized spacial score (nSPS) is 10.7. The highest BCUT2D eigenvalue weighted by atomic mass is 35.5. The Balaban J connectivity index is 2.95. The Hall–Kier alpha value is -1.52. The quantitative estimate of drug-likeness (QED) is 0.857. The number of hydrogen-bond donors (Lipinski definition) is 1. The van der Waals surface area contributed by atoms with Gasteiger partial charge in [-0.15, -0.1) is 0 Å². The third kappa shape index (κ3) is 1.98. The second-order valence-corrected chi connectivity index (χ2v) is 4.50. The van der Waals surface area contributed by atoms with Crippen LogP contribution in [0.3, 0.4) is 0 Å². The van der Waals surface area contributed by atoms with Crippen LogP contribution in [0.25, 0.3) is 10.9 Å². The fraction of sp³-hybridized carbons (Fsp3) is 0.167. The number of hydrogen-bond acceptors (Lipinski definition) is 3. The van der Waals surface area contributed by atoms with Crippen LogP contribution < -0.4 is 4.74 Å². The van der Waals surface area contributed by atoms with Gasteiger partial charge < -0.3 is 9.84 Å². The zero-order chi connectivity index (χ0) is 13.4. The van der Waals surface area contributed by atoms with Crippen LogP contribution in [0.5, 0.6) is 5.75 Å². The third-order valence-corrected chi connectivity index (χ3v) is 3.24. The Labute approximate surface area is 113 Å². The summed E-state index contributed by atoms with van der Waals surface area (Å²) in [4.78, 5) is 15.3. The number of ether oxygens (including phenoxy) is 1. The van der Waals surface area contributed by atoms with Crippen molar-refractivity contribution in [1.82, 2.24) is 4.98 Å². The fourth-order valence-electron chi connectivity index (χ4n) is 1.73. The average molecular weight is 286 g/mol. The molecule has 6 heteroatoms. The van der Waals surface area contributed by atoms with Crippen molar-refractivity contribution >= 4 is 40.1 Å². The van der Waals surface area contributed by atoms with Crippen LogP contribution in [-0.4, -0.2) is 23.2 Å². The van der Waals surface area contributed by atoms with Crippen molar-refractivity contribution < 1.29 is 14.6 Å². The lowest BCUT2D eigenvalue weighted by atomic mass is 10.1. The first-order valence-corrected chi connectivity index (χ1v) is 5.78. The van der Waals surface area contributed by atoms with Crippen molar-refractivity contribution in [2.75, 3.05) is 7.11 Å². The molecule has 1 aromatic carbocycles. The molecule has 2 rings (SSSR count). The lowest BCUT2D eigenvalue weighted by Crippen LogP contribution is -2.02. The summed E-state index contributed by atoms with van der Waals surface area (Å²) in [5.41, 5.74) is 1.15. The smallest absolute Gasteiger partial charge is 0.339 e. The van der Waals surface area contributed by atoms with E-state index in [1.54, 1.807) is 13.0 Å². The molecule has 0 aliphatic heterocycles. The van der Waals surface area contributed by atoms with E-state index in [9.17, 15) is 4.79 Å². The number of aryl methyl sites for hydroxylation is 1. The van der Waals surface area contributed by atoms with Gasteiger partial charge in [-0.2, -0.15) is 0 Å². The van der Waals surface area contributed by atoms with Gasteiger partial charge in [0.2, 0.25) is 0 Å². The molecule has 0 spiro atoms. The SMILES string of the molecule is COc1c(C(=O)O)cc(Cl)c2nc(Cl)c(C)cc12. The standard InChI is InChI=1S/C12H9Cl2NO3/c1-5-3-6-9(15-11(5)14)8(13)4-7(12(16)17)10(6)18-2/h3-4H,1-2H3,(H,16,17). The molecular weight excluding hydrogens is 277 g/mol. The molecule has 0 amide bonds. The molecule has 0 bridgehead atoms. The monoisotopic (exact) mass is 285 g/mol. The second kappa shape index (κ2) is 4.63. The van der Waals surface area contributed by atoms with E-state index in [-0.39, 0.29) is 16.3 Å². The number of rotatable bonds is 2. The molecule has 0 aliphatic rings. The molecule has 1 heterocycles. The topological polar surface area (TPSA) is 59.4 Å². The molecule has 0 saturated carbocycles. The molecular formula is C12H9Cl2NO3. The predicted molar refractivity (Wildman–Crippen MR) is 70.0 cm³/mol. The number of nitrogens with zero attached hydrogens (tertiary/aromatic N) is 1. The number of fused-ring (bicyclic) bond motifs is 1. The van der Waals surface area contributed by atoms with E-state index in [1.165, 1.54) is 13.2 Å². The number of aromatic nitrogens is 1. The predicted octanol–water partition coefficient (Wildman–Crippen LogP) is 3.56. The van der Waals surface area contributed by atoms with Crippen LogP contribution in [0.1, 0.15) is 15.9 Å². The van der Waals surface area contributed by atoms with Gasteiger partial charge in [-0.25, -0.2) is 9.78 Å². The first kappa shape index (κ1) is 12.9. The maximum atomic E-state index is 11.1. The molecule has 0 unspecified atom stereocenters. The van der Waals surface area contributed by atoms with Crippen molar-refractivity contribution in [2.45, 2.75) is 6.92 Å². The van der Waals surface area contributed by atoms with Crippen LogP contribution >= 0.6 is 23.2 Å². The summed E-state index contributed by atoms with van der Waals surface area (Å²) in [6.45, 7) is 1.77. The molecule has 18 heavy (non-hydrogen) atoms. The van der Waals surface area contributed by atoms with E-state index in [2.05, 4.69) is 4.98 Å². The van der Waals surface area contributed by atoms with E-state index in [1.807, 2.05) is 0 Å². The zero-order valence-corrected chi connectivity index (χ0v) is 11.1. The fourth-order valence-corrected chi connectivity index (χ4v) is 2.12. The number of benzene rings is 1. The number of halogens is 2. The molecule has 2 aromatic rings. The van der Waals surface area contributed by atoms with Crippen molar-refractivity contribution in [3.63, 3.8) is 0 Å². The number of carboxylic acid groups (broad SMARTS) is 1. The Morgan fingerprint density at radius 3 is 2.61 bits per heavy atom. The van der Waals surface area contributed by atoms with Gasteiger partial charge in [0.15, 0.2) is 0 Å². The van der Waals surface area contributed by atoms with Gasteiger partial charge in [0.1, 0.15) is 16.5 Å². The maximum absolute atomic E-state index is 11.1. The molecule has 94 valence electrons. The van der Waals surface area contributed by atoms with Gasteiger partial charge >= 0.3 is 5.97 Å². The maximum Gasteiger partial charge on any atom is 0.339 e. The van der Waals surface area contributed by atoms with E-state index in [0.29, 0.717) is 16.1 Å². The average Bonchev–Trinajstić information content (AvgIpc) is 2.31. The minimum absolute atomic E-state index is 0.00137. The summed E-state index contributed by atoms with van der Waals surface area (Å²) in [7, 11) is 1.40. The molecule has 4 nitrogen and oxygen atoms in total. The molecule has 0 fully saturated rings. The highest BCUT2D eigenvalue weighted by molar-refractivity contribution is 6.36. The van der Waals surface area contributed by atoms with Gasteiger partial charge in [-0.3, -0.25) is 0 Å². The van der Waals surface area contributed by atoms with E-state index >= 15 is 0 Å². The van der Waals surface area contributed by atoms with Crippen LogP contribution in [0.2, 0.25) is 10.2 Å². The first-order chi connectivity index (χ1) is 8.45. The van der Waals surface area contributed by atoms with E-state index in [0.717, 1.165) is 5.56 Å². The Bertz CT molecular complexity index is 656. The number of carboxylic acids is 1. The lowest BCUT2D eigenvalue weighted by Gasteiger charge is -2.11. The molecule has 1 N–H and O–H groups in total. The molecule has 0 atom stereocenters. The van der Waals surface area contributed by atoms with E-state index < -0.39 is 5.97 Å². The summed E-state index contributed by atoms with van der Waals surface area (Å²) in [5, 5.41) is 10.2. The van der Waals surface area contributed by atoms with Crippen molar-refractivity contribution in [2.24, 2.45) is 0 Å². The Morgan fingerprint density at radius 2 is 2.06 bits per heavy atom. The van der Waals surface area contributed by atoms with Crippen LogP contribution in [-0.2, 0) is 0 Å². The third-order valence-electron chi connectivity index (χ3n) is 2.57. The highest BCUT2D eigenvalue weighted by Crippen LogP contribution is 2.36. The van der Waals surface area contributed by atoms with Crippen molar-refractivity contribution in [1.29, 1.82) is 0 Å². The summed E-state index contributed by atoms with van der Waals surface area (Å²) >= 11 is 12.0. The van der Waals surface area contributed by atoms with Gasteiger partial charge in [0.05, 0.1) is 17.6 Å². The van der Waals surface area contributed by atoms with Crippen LogP contribution in [0, 0.1) is 6.92 Å². The Kier molecular flexibility index (Phi) is 3.32. The van der Waals surface area contributed by atoms with Gasteiger partial charge in [-0.05, 0) is 24.6 Å². The minimum atomic E-state index is -1.11. The van der Waals surface area contributed by atoms with Gasteiger partial charge in [0, 0.05) is 5.39 Å². The number of carbonyl (C=O) groups is 1. The van der Waals surface area contributed by atoms with Crippen molar-refractivity contribution in [3.8, 4) is 5.75 Å². The number of pyridine rings is 1. The molecule has 0 aliphatic carbocycles. The number of aromatic carboxylic acids is 1. The second-order valence-electron chi connectivity index (χ2n) is 3.74. The highest BCUT2D eigenvalue weighted by Gasteiger charge is 2.18. The molecule has 1 aromatic heterocycles. The molecule has 0 radical (unpaired) electrons. The van der Waals surface area contributed by atoms with Crippen LogP contribution in [0.15, 0.2) is 12.1 Å². The first-order valence-electron chi connectivity index (χ1n) is 5.02. The summed E-state index contributed by atoms with van der Waals surface area (Å²) in [6.07, 6.45) is 0. The summed E-state index contributed by atoms with van der Waals surface area (Å²) in [6, 6.07) is 3.02. The van der Waals surface area contributed by atoms with Gasteiger partial charge in [0.25, 0.3) is 0 Å². The summed E-state index contributed by atoms with van der Waals surface area (Å²) in [5.74, 6) is -0.877. The zero-order valence-electron chi connectivity index (χ0n) is 9.62. The molecule has 0 saturated heterocycles. The largest absolute Gasteiger partial charge is 0.495 e. The van der Waals surface area contributed by atoms with Crippen LogP contribution in [0.4, 0.5) is 0 Å². The lowest BCUT2D eigenvalue weighted by molar-refractivity contribution is 0.0693. The minimum Gasteiger partial charge on any atom is -0.495 e. The number of methoxy groups -OCH3 is 1.